The zero-order chi connectivity index (χ0) is 16.6. The Morgan fingerprint density at radius 2 is 1.70 bits per heavy atom. The summed E-state index contributed by atoms with van der Waals surface area (Å²) in [5.41, 5.74) is 3.46. The molecule has 0 bridgehead atoms. The Labute approximate surface area is 141 Å². The van der Waals surface area contributed by atoms with Gasteiger partial charge in [0, 0.05) is 10.9 Å². The molecule has 3 rings (SSSR count). The second-order valence-electron chi connectivity index (χ2n) is 6.65. The minimum Gasteiger partial charge on any atom is -0.497 e. The van der Waals surface area contributed by atoms with Crippen LogP contribution in [-0.2, 0) is 5.41 Å². The second kappa shape index (κ2) is 5.97. The summed E-state index contributed by atoms with van der Waals surface area (Å²) in [5.74, 6) is 1.78. The SMILES string of the molecule is COc1ccc(-c2oc3ccc(C(C)(C)C)cc3c2SC)cc1. The summed E-state index contributed by atoms with van der Waals surface area (Å²) in [5, 5.41) is 1.19. The van der Waals surface area contributed by atoms with Crippen molar-refractivity contribution in [1.29, 1.82) is 0 Å². The largest absolute Gasteiger partial charge is 0.497 e. The summed E-state index contributed by atoms with van der Waals surface area (Å²) in [4.78, 5) is 1.19. The van der Waals surface area contributed by atoms with Crippen LogP contribution in [0, 0.1) is 0 Å². The Morgan fingerprint density at radius 3 is 2.26 bits per heavy atom. The normalized spacial score (nSPS) is 11.9. The van der Waals surface area contributed by atoms with Gasteiger partial charge in [-0.3, -0.25) is 0 Å². The van der Waals surface area contributed by atoms with Crippen molar-refractivity contribution in [3.05, 3.63) is 48.0 Å². The smallest absolute Gasteiger partial charge is 0.148 e. The minimum absolute atomic E-state index is 0.126. The molecule has 0 fully saturated rings. The van der Waals surface area contributed by atoms with Gasteiger partial charge in [0.15, 0.2) is 0 Å². The number of hydrogen-bond acceptors (Lipinski definition) is 3. The molecule has 0 aliphatic carbocycles. The molecule has 0 N–H and O–H groups in total. The van der Waals surface area contributed by atoms with Crippen molar-refractivity contribution in [2.45, 2.75) is 31.1 Å². The van der Waals surface area contributed by atoms with Gasteiger partial charge in [0.05, 0.1) is 12.0 Å². The number of ether oxygens (including phenoxy) is 1. The first kappa shape index (κ1) is 16.0. The molecule has 0 atom stereocenters. The first-order valence-electron chi connectivity index (χ1n) is 7.69. The van der Waals surface area contributed by atoms with E-state index < -0.39 is 0 Å². The molecule has 0 aliphatic heterocycles. The maximum Gasteiger partial charge on any atom is 0.148 e. The standard InChI is InChI=1S/C20H22O2S/c1-20(2,3)14-8-11-17-16(12-14)19(23-5)18(22-17)13-6-9-15(21-4)10-7-13/h6-12H,1-5H3. The average Bonchev–Trinajstić information content (AvgIpc) is 2.91. The van der Waals surface area contributed by atoms with Crippen LogP contribution in [-0.4, -0.2) is 13.4 Å². The van der Waals surface area contributed by atoms with E-state index in [9.17, 15) is 0 Å². The number of methoxy groups -OCH3 is 1. The highest BCUT2D eigenvalue weighted by Gasteiger charge is 2.19. The maximum atomic E-state index is 6.16. The van der Waals surface area contributed by atoms with Crippen LogP contribution in [0.1, 0.15) is 26.3 Å². The average molecular weight is 326 g/mol. The third kappa shape index (κ3) is 2.98. The lowest BCUT2D eigenvalue weighted by atomic mass is 9.86. The molecule has 0 unspecified atom stereocenters. The second-order valence-corrected chi connectivity index (χ2v) is 7.47. The molecule has 2 aromatic carbocycles. The first-order chi connectivity index (χ1) is 10.9. The van der Waals surface area contributed by atoms with Crippen LogP contribution in [0.25, 0.3) is 22.3 Å². The Bertz CT molecular complexity index is 823. The van der Waals surface area contributed by atoms with Crippen molar-refractivity contribution in [2.75, 3.05) is 13.4 Å². The van der Waals surface area contributed by atoms with Crippen LogP contribution in [0.15, 0.2) is 51.8 Å². The predicted octanol–water partition coefficient (Wildman–Crippen LogP) is 6.13. The van der Waals surface area contributed by atoms with Gasteiger partial charge >= 0.3 is 0 Å². The van der Waals surface area contributed by atoms with E-state index in [1.165, 1.54) is 15.8 Å². The van der Waals surface area contributed by atoms with Crippen LogP contribution in [0.5, 0.6) is 5.75 Å². The van der Waals surface area contributed by atoms with Gasteiger partial charge in [-0.05, 0) is 53.6 Å². The minimum atomic E-state index is 0.126. The fourth-order valence-electron chi connectivity index (χ4n) is 2.68. The number of furan rings is 1. The van der Waals surface area contributed by atoms with Crippen molar-refractivity contribution < 1.29 is 9.15 Å². The molecular weight excluding hydrogens is 304 g/mol. The Hall–Kier alpha value is -1.87. The van der Waals surface area contributed by atoms with Crippen LogP contribution in [0.3, 0.4) is 0 Å². The Morgan fingerprint density at radius 1 is 1.00 bits per heavy atom. The summed E-state index contributed by atoms with van der Waals surface area (Å²) in [6, 6.07) is 14.5. The Kier molecular flexibility index (Phi) is 4.15. The molecule has 3 heteroatoms. The van der Waals surface area contributed by atoms with Crippen LogP contribution in [0.4, 0.5) is 0 Å². The van der Waals surface area contributed by atoms with Gasteiger partial charge < -0.3 is 9.15 Å². The molecule has 0 saturated carbocycles. The molecule has 0 saturated heterocycles. The van der Waals surface area contributed by atoms with Crippen LogP contribution in [0.2, 0.25) is 0 Å². The lowest BCUT2D eigenvalue weighted by Gasteiger charge is -2.18. The van der Waals surface area contributed by atoms with Crippen LogP contribution < -0.4 is 4.74 Å². The monoisotopic (exact) mass is 326 g/mol. The molecule has 0 radical (unpaired) electrons. The number of thioether (sulfide) groups is 1. The van der Waals surface area contributed by atoms with Gasteiger partial charge in [0.25, 0.3) is 0 Å². The molecule has 23 heavy (non-hydrogen) atoms. The lowest BCUT2D eigenvalue weighted by Crippen LogP contribution is -2.10. The van der Waals surface area contributed by atoms with Gasteiger partial charge in [-0.2, -0.15) is 0 Å². The highest BCUT2D eigenvalue weighted by atomic mass is 32.2. The molecule has 0 aliphatic rings. The third-order valence-corrected chi connectivity index (χ3v) is 4.88. The van der Waals surface area contributed by atoms with E-state index in [1.807, 2.05) is 24.3 Å². The van der Waals surface area contributed by atoms with Gasteiger partial charge in [-0.1, -0.05) is 26.8 Å². The van der Waals surface area contributed by atoms with E-state index >= 15 is 0 Å². The number of rotatable bonds is 3. The van der Waals surface area contributed by atoms with E-state index in [0.29, 0.717) is 0 Å². The van der Waals surface area contributed by atoms with Crippen molar-refractivity contribution in [3.63, 3.8) is 0 Å². The van der Waals surface area contributed by atoms with E-state index in [0.717, 1.165) is 22.7 Å². The highest BCUT2D eigenvalue weighted by Crippen LogP contribution is 2.41. The molecule has 2 nitrogen and oxygen atoms in total. The van der Waals surface area contributed by atoms with Gasteiger partial charge in [0.2, 0.25) is 0 Å². The van der Waals surface area contributed by atoms with Gasteiger partial charge in [-0.25, -0.2) is 0 Å². The number of hydrogen-bond donors (Lipinski definition) is 0. The summed E-state index contributed by atoms with van der Waals surface area (Å²) < 4.78 is 11.4. The number of benzene rings is 2. The maximum absolute atomic E-state index is 6.16. The molecule has 120 valence electrons. The van der Waals surface area contributed by atoms with Crippen molar-refractivity contribution in [2.24, 2.45) is 0 Å². The Balaban J connectivity index is 2.17. The quantitative estimate of drug-likeness (QED) is 0.541. The molecule has 0 spiro atoms. The summed E-state index contributed by atoms with van der Waals surface area (Å²) in [6.07, 6.45) is 2.10. The first-order valence-corrected chi connectivity index (χ1v) is 8.92. The van der Waals surface area contributed by atoms with E-state index in [4.69, 9.17) is 9.15 Å². The lowest BCUT2D eigenvalue weighted by molar-refractivity contribution is 0.415. The summed E-state index contributed by atoms with van der Waals surface area (Å²) in [6.45, 7) is 6.70. The van der Waals surface area contributed by atoms with E-state index in [2.05, 4.69) is 45.2 Å². The van der Waals surface area contributed by atoms with Gasteiger partial charge in [-0.15, -0.1) is 11.8 Å². The molecule has 1 heterocycles. The number of fused-ring (bicyclic) bond motifs is 1. The fraction of sp³-hybridized carbons (Fsp3) is 0.300. The summed E-state index contributed by atoms with van der Waals surface area (Å²) >= 11 is 1.73. The molecular formula is C20H22O2S. The van der Waals surface area contributed by atoms with E-state index in [1.54, 1.807) is 18.9 Å². The van der Waals surface area contributed by atoms with Crippen molar-refractivity contribution >= 4 is 22.7 Å². The summed E-state index contributed by atoms with van der Waals surface area (Å²) in [7, 11) is 1.68. The molecule has 3 aromatic rings. The molecule has 0 amide bonds. The zero-order valence-corrected chi connectivity index (χ0v) is 15.1. The topological polar surface area (TPSA) is 22.4 Å². The third-order valence-electron chi connectivity index (χ3n) is 4.06. The van der Waals surface area contributed by atoms with Gasteiger partial charge in [0.1, 0.15) is 17.1 Å². The van der Waals surface area contributed by atoms with Crippen molar-refractivity contribution in [3.8, 4) is 17.1 Å². The van der Waals surface area contributed by atoms with E-state index in [-0.39, 0.29) is 5.41 Å². The zero-order valence-electron chi connectivity index (χ0n) is 14.3. The fourth-order valence-corrected chi connectivity index (χ4v) is 3.40. The predicted molar refractivity (Wildman–Crippen MR) is 98.7 cm³/mol. The molecule has 1 aromatic heterocycles. The van der Waals surface area contributed by atoms with Crippen LogP contribution >= 0.6 is 11.8 Å². The highest BCUT2D eigenvalue weighted by molar-refractivity contribution is 7.99. The van der Waals surface area contributed by atoms with Crippen molar-refractivity contribution in [1.82, 2.24) is 0 Å².